The molecule has 0 bridgehead atoms. The molecular weight excluding hydrogens is 362 g/mol. The number of methoxy groups -OCH3 is 3. The molecule has 144 valence electrons. The predicted molar refractivity (Wildman–Crippen MR) is 104 cm³/mol. The van der Waals surface area contributed by atoms with Crippen molar-refractivity contribution in [3.63, 3.8) is 0 Å². The normalized spacial score (nSPS) is 10.2. The zero-order chi connectivity index (χ0) is 20.1. The van der Waals surface area contributed by atoms with Gasteiger partial charge in [0.1, 0.15) is 0 Å². The number of nitrogens with one attached hydrogen (secondary N) is 1. The number of benzene rings is 2. The van der Waals surface area contributed by atoms with Crippen LogP contribution in [-0.4, -0.2) is 37.0 Å². The molecule has 0 unspecified atom stereocenters. The fourth-order valence-corrected chi connectivity index (χ4v) is 2.61. The van der Waals surface area contributed by atoms with Crippen molar-refractivity contribution in [2.75, 3.05) is 26.6 Å². The molecule has 0 spiro atoms. The molecule has 28 heavy (non-hydrogen) atoms. The summed E-state index contributed by atoms with van der Waals surface area (Å²) in [6.07, 6.45) is 0. The highest BCUT2D eigenvalue weighted by molar-refractivity contribution is 6.04. The number of hydrogen-bond donors (Lipinski definition) is 1. The van der Waals surface area contributed by atoms with Crippen molar-refractivity contribution in [3.05, 3.63) is 70.6 Å². The van der Waals surface area contributed by atoms with E-state index in [0.717, 1.165) is 4.68 Å². The Hall–Kier alpha value is -3.81. The van der Waals surface area contributed by atoms with Crippen LogP contribution in [0.15, 0.2) is 59.4 Å². The van der Waals surface area contributed by atoms with Gasteiger partial charge in [-0.25, -0.2) is 0 Å². The highest BCUT2D eigenvalue weighted by Crippen LogP contribution is 2.30. The maximum absolute atomic E-state index is 12.8. The molecule has 3 rings (SSSR count). The van der Waals surface area contributed by atoms with Crippen molar-refractivity contribution in [3.8, 4) is 22.9 Å². The van der Waals surface area contributed by atoms with Crippen LogP contribution in [0.2, 0.25) is 0 Å². The number of carbonyl (C=O) groups excluding carboxylic acids is 1. The van der Waals surface area contributed by atoms with Crippen LogP contribution in [0.5, 0.6) is 17.2 Å². The average molecular weight is 381 g/mol. The minimum Gasteiger partial charge on any atom is -0.494 e. The van der Waals surface area contributed by atoms with Crippen LogP contribution in [-0.2, 0) is 0 Å². The largest absolute Gasteiger partial charge is 0.494 e. The number of amides is 1. The molecule has 1 aromatic heterocycles. The fraction of sp³-hybridized carbons (Fsp3) is 0.150. The summed E-state index contributed by atoms with van der Waals surface area (Å²) in [4.78, 5) is 25.1. The number of hydrogen-bond acceptors (Lipinski definition) is 6. The van der Waals surface area contributed by atoms with E-state index in [2.05, 4.69) is 10.4 Å². The Morgan fingerprint density at radius 3 is 2.21 bits per heavy atom. The van der Waals surface area contributed by atoms with Crippen LogP contribution in [0, 0.1) is 0 Å². The quantitative estimate of drug-likeness (QED) is 0.705. The van der Waals surface area contributed by atoms with Gasteiger partial charge in [-0.2, -0.15) is 9.78 Å². The third-order valence-corrected chi connectivity index (χ3v) is 3.97. The highest BCUT2D eigenvalue weighted by atomic mass is 16.5. The number of para-hydroxylation sites is 1. The first kappa shape index (κ1) is 19.0. The Morgan fingerprint density at radius 1 is 0.893 bits per heavy atom. The lowest BCUT2D eigenvalue weighted by Crippen LogP contribution is -2.26. The van der Waals surface area contributed by atoms with Gasteiger partial charge in [0.25, 0.3) is 11.5 Å². The smallest absolute Gasteiger partial charge is 0.280 e. The maximum Gasteiger partial charge on any atom is 0.280 e. The predicted octanol–water partition coefficient (Wildman–Crippen LogP) is 2.51. The molecule has 8 heteroatoms. The Labute approximate surface area is 161 Å². The van der Waals surface area contributed by atoms with Crippen LogP contribution >= 0.6 is 0 Å². The molecule has 0 saturated carbocycles. The van der Waals surface area contributed by atoms with Gasteiger partial charge in [0.2, 0.25) is 0 Å². The molecule has 1 N–H and O–H groups in total. The number of ether oxygens (including phenoxy) is 3. The second kappa shape index (κ2) is 8.26. The summed E-state index contributed by atoms with van der Waals surface area (Å²) >= 11 is 0. The Balaban J connectivity index is 1.98. The minimum absolute atomic E-state index is 0.0271. The van der Waals surface area contributed by atoms with Crippen molar-refractivity contribution in [2.24, 2.45) is 0 Å². The lowest BCUT2D eigenvalue weighted by atomic mass is 10.2. The molecule has 0 atom stereocenters. The van der Waals surface area contributed by atoms with Crippen LogP contribution in [0.1, 0.15) is 10.5 Å². The summed E-state index contributed by atoms with van der Waals surface area (Å²) in [6, 6.07) is 15.0. The monoisotopic (exact) mass is 381 g/mol. The molecule has 3 aromatic rings. The second-order valence-electron chi connectivity index (χ2n) is 5.67. The van der Waals surface area contributed by atoms with Crippen molar-refractivity contribution in [1.29, 1.82) is 0 Å². The van der Waals surface area contributed by atoms with Crippen molar-refractivity contribution >= 4 is 11.6 Å². The number of aromatic nitrogens is 2. The lowest BCUT2D eigenvalue weighted by Gasteiger charge is -2.13. The molecule has 2 aromatic carbocycles. The topological polar surface area (TPSA) is 91.7 Å². The first-order valence-corrected chi connectivity index (χ1v) is 8.34. The summed E-state index contributed by atoms with van der Waals surface area (Å²) in [5.74, 6) is 0.548. The van der Waals surface area contributed by atoms with Gasteiger partial charge in [0, 0.05) is 11.8 Å². The summed E-state index contributed by atoms with van der Waals surface area (Å²) < 4.78 is 16.7. The van der Waals surface area contributed by atoms with Gasteiger partial charge >= 0.3 is 0 Å². The van der Waals surface area contributed by atoms with Crippen LogP contribution < -0.4 is 25.1 Å². The Morgan fingerprint density at radius 2 is 1.57 bits per heavy atom. The third kappa shape index (κ3) is 3.80. The van der Waals surface area contributed by atoms with E-state index in [1.54, 1.807) is 42.5 Å². The van der Waals surface area contributed by atoms with E-state index in [1.165, 1.54) is 27.4 Å². The SMILES string of the molecule is COc1ccc(NC(=O)c2nn(-c3ccccc3)c(=O)cc2OC)cc1OC. The second-order valence-corrected chi connectivity index (χ2v) is 5.67. The van der Waals surface area contributed by atoms with E-state index >= 15 is 0 Å². The van der Waals surface area contributed by atoms with Crippen molar-refractivity contribution in [2.45, 2.75) is 0 Å². The maximum atomic E-state index is 12.8. The molecule has 1 heterocycles. The zero-order valence-corrected chi connectivity index (χ0v) is 15.6. The van der Waals surface area contributed by atoms with Gasteiger partial charge < -0.3 is 19.5 Å². The first-order valence-electron chi connectivity index (χ1n) is 8.34. The van der Waals surface area contributed by atoms with E-state index in [-0.39, 0.29) is 11.4 Å². The van der Waals surface area contributed by atoms with Gasteiger partial charge in [0.05, 0.1) is 33.1 Å². The van der Waals surface area contributed by atoms with Gasteiger partial charge in [-0.1, -0.05) is 18.2 Å². The van der Waals surface area contributed by atoms with E-state index in [9.17, 15) is 9.59 Å². The van der Waals surface area contributed by atoms with Gasteiger partial charge in [-0.3, -0.25) is 9.59 Å². The summed E-state index contributed by atoms with van der Waals surface area (Å²) in [5, 5.41) is 6.92. The number of rotatable bonds is 6. The lowest BCUT2D eigenvalue weighted by molar-refractivity contribution is 0.101. The van der Waals surface area contributed by atoms with E-state index in [1.807, 2.05) is 6.07 Å². The average Bonchev–Trinajstić information content (AvgIpc) is 2.73. The van der Waals surface area contributed by atoms with Crippen LogP contribution in [0.25, 0.3) is 5.69 Å². The van der Waals surface area contributed by atoms with Gasteiger partial charge in [0.15, 0.2) is 22.9 Å². The van der Waals surface area contributed by atoms with E-state index < -0.39 is 11.5 Å². The molecule has 0 aliphatic carbocycles. The van der Waals surface area contributed by atoms with Crippen LogP contribution in [0.3, 0.4) is 0 Å². The van der Waals surface area contributed by atoms with Gasteiger partial charge in [-0.05, 0) is 24.3 Å². The third-order valence-electron chi connectivity index (χ3n) is 3.97. The molecule has 0 aliphatic heterocycles. The fourth-order valence-electron chi connectivity index (χ4n) is 2.61. The highest BCUT2D eigenvalue weighted by Gasteiger charge is 2.19. The molecule has 0 radical (unpaired) electrons. The molecule has 0 aliphatic rings. The summed E-state index contributed by atoms with van der Waals surface area (Å²) in [6.45, 7) is 0. The summed E-state index contributed by atoms with van der Waals surface area (Å²) in [7, 11) is 4.40. The van der Waals surface area contributed by atoms with E-state index in [4.69, 9.17) is 14.2 Å². The van der Waals surface area contributed by atoms with E-state index in [0.29, 0.717) is 22.9 Å². The molecule has 0 fully saturated rings. The molecule has 0 saturated heterocycles. The standard InChI is InChI=1S/C20H19N3O5/c1-26-15-10-9-13(11-16(15)27-2)21-20(25)19-17(28-3)12-18(24)23(22-19)14-7-5-4-6-8-14/h4-12H,1-3H3,(H,21,25). The molecular formula is C20H19N3O5. The van der Waals surface area contributed by atoms with Gasteiger partial charge in [-0.15, -0.1) is 0 Å². The number of anilines is 1. The Bertz CT molecular complexity index is 1050. The van der Waals surface area contributed by atoms with Crippen molar-refractivity contribution in [1.82, 2.24) is 9.78 Å². The molecule has 1 amide bonds. The van der Waals surface area contributed by atoms with Crippen LogP contribution in [0.4, 0.5) is 5.69 Å². The molecule has 8 nitrogen and oxygen atoms in total. The first-order chi connectivity index (χ1) is 13.6. The number of carbonyl (C=O) groups is 1. The zero-order valence-electron chi connectivity index (χ0n) is 15.6. The van der Waals surface area contributed by atoms with Crippen molar-refractivity contribution < 1.29 is 19.0 Å². The number of nitrogens with zero attached hydrogens (tertiary/aromatic N) is 2. The minimum atomic E-state index is -0.534. The Kier molecular flexibility index (Phi) is 5.59. The summed E-state index contributed by atoms with van der Waals surface area (Å²) in [5.41, 5.74) is 0.575.